The molecule has 0 heterocycles. The number of hydroxylamine groups is 1. The zero-order valence-electron chi connectivity index (χ0n) is 18.5. The third-order valence-electron chi connectivity index (χ3n) is 6.47. The minimum atomic E-state index is -1.18. The number of hydrogen-bond acceptors (Lipinski definition) is 5. The molecule has 8 heteroatoms. The van der Waals surface area contributed by atoms with Crippen LogP contribution in [0.3, 0.4) is 0 Å². The minimum absolute atomic E-state index is 0.0104. The molecule has 0 aromatic heterocycles. The molecule has 174 valence electrons. The fraction of sp³-hybridized carbons (Fsp3) is 0.400. The second-order valence-corrected chi connectivity index (χ2v) is 8.74. The highest BCUT2D eigenvalue weighted by Gasteiger charge is 2.38. The molecule has 0 bridgehead atoms. The first-order chi connectivity index (χ1) is 15.9. The summed E-state index contributed by atoms with van der Waals surface area (Å²) in [6.45, 7) is 1.52. The summed E-state index contributed by atoms with van der Waals surface area (Å²) in [4.78, 5) is 40.8. The van der Waals surface area contributed by atoms with E-state index < -0.39 is 29.6 Å². The molecule has 2 aliphatic rings. The predicted octanol–water partition coefficient (Wildman–Crippen LogP) is 3.75. The highest BCUT2D eigenvalue weighted by atomic mass is 16.7. The molecule has 33 heavy (non-hydrogen) atoms. The quantitative estimate of drug-likeness (QED) is 0.526. The van der Waals surface area contributed by atoms with Crippen LogP contribution in [0.4, 0.5) is 4.79 Å². The Hall–Kier alpha value is -3.39. The molecule has 2 aliphatic carbocycles. The molecular weight excluding hydrogens is 424 g/mol. The summed E-state index contributed by atoms with van der Waals surface area (Å²) in [5, 5.41) is 11.8. The molecule has 2 aromatic rings. The summed E-state index contributed by atoms with van der Waals surface area (Å²) in [5.74, 6) is -1.71. The van der Waals surface area contributed by atoms with Gasteiger partial charge in [-0.3, -0.25) is 9.63 Å². The second kappa shape index (κ2) is 9.62. The van der Waals surface area contributed by atoms with Crippen molar-refractivity contribution in [3.8, 4) is 11.1 Å². The monoisotopic (exact) mass is 452 g/mol. The lowest BCUT2D eigenvalue weighted by Gasteiger charge is -2.29. The van der Waals surface area contributed by atoms with Gasteiger partial charge in [0.1, 0.15) is 6.61 Å². The Balaban J connectivity index is 1.37. The van der Waals surface area contributed by atoms with E-state index in [4.69, 9.17) is 14.7 Å². The van der Waals surface area contributed by atoms with Gasteiger partial charge in [-0.25, -0.2) is 15.1 Å². The number of carbonyl (C=O) groups is 3. The Bertz CT molecular complexity index is 1000. The second-order valence-electron chi connectivity index (χ2n) is 8.74. The van der Waals surface area contributed by atoms with Crippen LogP contribution in [0.25, 0.3) is 11.1 Å². The van der Waals surface area contributed by atoms with Gasteiger partial charge in [0.15, 0.2) is 6.10 Å². The molecule has 3 N–H and O–H groups in total. The van der Waals surface area contributed by atoms with Crippen LogP contribution in [0.2, 0.25) is 0 Å². The number of benzene rings is 2. The molecule has 1 saturated carbocycles. The SMILES string of the molecule is CC(ONC(=O)CC1(NC(=O)OCC2c3ccccc3-c3ccccc32)CCCC1)C(=O)O. The summed E-state index contributed by atoms with van der Waals surface area (Å²) in [5.41, 5.74) is 6.01. The molecule has 0 spiro atoms. The third kappa shape index (κ3) is 5.01. The van der Waals surface area contributed by atoms with Gasteiger partial charge in [-0.15, -0.1) is 0 Å². The Morgan fingerprint density at radius 1 is 1.03 bits per heavy atom. The van der Waals surface area contributed by atoms with Crippen LogP contribution in [-0.4, -0.2) is 41.3 Å². The smallest absolute Gasteiger partial charge is 0.407 e. The van der Waals surface area contributed by atoms with Gasteiger partial charge in [-0.05, 0) is 42.0 Å². The van der Waals surface area contributed by atoms with Crippen molar-refractivity contribution in [2.75, 3.05) is 6.61 Å². The number of amides is 2. The number of fused-ring (bicyclic) bond motifs is 3. The average molecular weight is 453 g/mol. The number of aliphatic carboxylic acids is 1. The number of carboxylic acid groups (broad SMARTS) is 1. The summed E-state index contributed by atoms with van der Waals surface area (Å²) < 4.78 is 5.65. The predicted molar refractivity (Wildman–Crippen MR) is 120 cm³/mol. The van der Waals surface area contributed by atoms with E-state index in [1.165, 1.54) is 6.92 Å². The van der Waals surface area contributed by atoms with E-state index in [2.05, 4.69) is 35.1 Å². The van der Waals surface area contributed by atoms with Crippen molar-refractivity contribution in [1.82, 2.24) is 10.8 Å². The lowest BCUT2D eigenvalue weighted by molar-refractivity contribution is -0.159. The molecule has 4 rings (SSSR count). The van der Waals surface area contributed by atoms with Crippen LogP contribution >= 0.6 is 0 Å². The molecule has 1 fully saturated rings. The van der Waals surface area contributed by atoms with Crippen LogP contribution in [0, 0.1) is 0 Å². The van der Waals surface area contributed by atoms with E-state index in [9.17, 15) is 14.4 Å². The van der Waals surface area contributed by atoms with E-state index >= 15 is 0 Å². The first-order valence-corrected chi connectivity index (χ1v) is 11.2. The average Bonchev–Trinajstić information content (AvgIpc) is 3.38. The summed E-state index contributed by atoms with van der Waals surface area (Å²) >= 11 is 0. The molecule has 0 radical (unpaired) electrons. The summed E-state index contributed by atoms with van der Waals surface area (Å²) in [7, 11) is 0. The van der Waals surface area contributed by atoms with Crippen LogP contribution in [0.1, 0.15) is 56.1 Å². The van der Waals surface area contributed by atoms with Crippen molar-refractivity contribution in [3.63, 3.8) is 0 Å². The maximum absolute atomic E-state index is 12.7. The molecule has 0 saturated heterocycles. The van der Waals surface area contributed by atoms with Crippen LogP contribution < -0.4 is 10.8 Å². The van der Waals surface area contributed by atoms with Crippen LogP contribution in [0.5, 0.6) is 0 Å². The minimum Gasteiger partial charge on any atom is -0.479 e. The Labute approximate surface area is 192 Å². The summed E-state index contributed by atoms with van der Waals surface area (Å²) in [6, 6.07) is 16.2. The normalized spacial score (nSPS) is 17.0. The van der Waals surface area contributed by atoms with E-state index in [1.807, 2.05) is 24.3 Å². The number of ether oxygens (including phenoxy) is 1. The van der Waals surface area contributed by atoms with Gasteiger partial charge in [0, 0.05) is 5.92 Å². The fourth-order valence-electron chi connectivity index (χ4n) is 4.80. The van der Waals surface area contributed by atoms with E-state index in [0.29, 0.717) is 12.8 Å². The molecular formula is C25H28N2O6. The van der Waals surface area contributed by atoms with E-state index in [0.717, 1.165) is 35.1 Å². The standard InChI is InChI=1S/C25H28N2O6/c1-16(23(29)30)33-27-22(28)14-25(12-6-7-13-25)26-24(31)32-15-21-19-10-4-2-8-17(19)18-9-3-5-11-20(18)21/h2-5,8-11,16,21H,6-7,12-15H2,1H3,(H,26,31)(H,27,28)(H,29,30). The molecule has 1 atom stereocenters. The number of rotatable bonds is 8. The van der Waals surface area contributed by atoms with Crippen molar-refractivity contribution in [3.05, 3.63) is 59.7 Å². The number of carbonyl (C=O) groups excluding carboxylic acids is 2. The number of alkyl carbamates (subject to hydrolysis) is 1. The van der Waals surface area contributed by atoms with Crippen molar-refractivity contribution >= 4 is 18.0 Å². The zero-order chi connectivity index (χ0) is 23.4. The first-order valence-electron chi connectivity index (χ1n) is 11.2. The van der Waals surface area contributed by atoms with Crippen molar-refractivity contribution in [2.24, 2.45) is 0 Å². The van der Waals surface area contributed by atoms with Gasteiger partial charge < -0.3 is 15.2 Å². The first kappa shape index (κ1) is 22.8. The summed E-state index contributed by atoms with van der Waals surface area (Å²) in [6.07, 6.45) is 1.30. The fourth-order valence-corrected chi connectivity index (χ4v) is 4.80. The molecule has 2 amide bonds. The van der Waals surface area contributed by atoms with Crippen LogP contribution in [-0.2, 0) is 19.2 Å². The number of carboxylic acids is 1. The molecule has 0 aliphatic heterocycles. The van der Waals surface area contributed by atoms with Crippen molar-refractivity contribution in [1.29, 1.82) is 0 Å². The molecule has 2 aromatic carbocycles. The zero-order valence-corrected chi connectivity index (χ0v) is 18.5. The van der Waals surface area contributed by atoms with Gasteiger partial charge in [0.05, 0.1) is 12.0 Å². The van der Waals surface area contributed by atoms with Gasteiger partial charge in [-0.1, -0.05) is 61.4 Å². The number of hydrogen-bond donors (Lipinski definition) is 3. The highest BCUT2D eigenvalue weighted by molar-refractivity contribution is 5.80. The number of nitrogens with one attached hydrogen (secondary N) is 2. The Morgan fingerprint density at radius 3 is 2.18 bits per heavy atom. The third-order valence-corrected chi connectivity index (χ3v) is 6.47. The lowest BCUT2D eigenvalue weighted by atomic mass is 9.93. The van der Waals surface area contributed by atoms with E-state index in [-0.39, 0.29) is 18.9 Å². The highest BCUT2D eigenvalue weighted by Crippen LogP contribution is 2.44. The Kier molecular flexibility index (Phi) is 6.65. The van der Waals surface area contributed by atoms with Gasteiger partial charge >= 0.3 is 12.1 Å². The van der Waals surface area contributed by atoms with Gasteiger partial charge in [-0.2, -0.15) is 0 Å². The van der Waals surface area contributed by atoms with Gasteiger partial charge in [0.2, 0.25) is 5.91 Å². The van der Waals surface area contributed by atoms with Crippen molar-refractivity contribution in [2.45, 2.75) is 56.6 Å². The van der Waals surface area contributed by atoms with Crippen molar-refractivity contribution < 1.29 is 29.1 Å². The topological polar surface area (TPSA) is 114 Å². The molecule has 8 nitrogen and oxygen atoms in total. The van der Waals surface area contributed by atoms with Gasteiger partial charge in [0.25, 0.3) is 0 Å². The maximum Gasteiger partial charge on any atom is 0.407 e. The Morgan fingerprint density at radius 2 is 1.61 bits per heavy atom. The maximum atomic E-state index is 12.7. The largest absolute Gasteiger partial charge is 0.479 e. The molecule has 1 unspecified atom stereocenters. The lowest BCUT2D eigenvalue weighted by Crippen LogP contribution is -2.50. The van der Waals surface area contributed by atoms with E-state index in [1.54, 1.807) is 0 Å². The van der Waals surface area contributed by atoms with Crippen LogP contribution in [0.15, 0.2) is 48.5 Å².